The van der Waals surface area contributed by atoms with Crippen LogP contribution in [0.4, 0.5) is 0 Å². The number of fused-ring (bicyclic) bond motifs is 1. The number of aromatic nitrogens is 1. The van der Waals surface area contributed by atoms with E-state index in [1.807, 2.05) is 16.8 Å². The first-order valence-electron chi connectivity index (χ1n) is 6.67. The molecule has 0 saturated carbocycles. The number of carboxylic acid groups (broad SMARTS) is 1. The second-order valence-corrected chi connectivity index (χ2v) is 4.72. The van der Waals surface area contributed by atoms with Crippen molar-refractivity contribution >= 4 is 16.9 Å². The van der Waals surface area contributed by atoms with Crippen LogP contribution in [0, 0.1) is 0 Å². The Morgan fingerprint density at radius 3 is 2.48 bits per heavy atom. The largest absolute Gasteiger partial charge is 0.493 e. The molecule has 0 aliphatic carbocycles. The molecule has 0 unspecified atom stereocenters. The third-order valence-electron chi connectivity index (χ3n) is 3.37. The van der Waals surface area contributed by atoms with Crippen LogP contribution in [0.15, 0.2) is 18.3 Å². The van der Waals surface area contributed by atoms with Crippen molar-refractivity contribution in [3.05, 3.63) is 23.9 Å². The van der Waals surface area contributed by atoms with Crippen LogP contribution in [0.1, 0.15) is 12.0 Å². The maximum Gasteiger partial charge on any atom is 0.307 e. The van der Waals surface area contributed by atoms with Gasteiger partial charge in [-0.15, -0.1) is 0 Å². The van der Waals surface area contributed by atoms with E-state index in [1.54, 1.807) is 20.3 Å². The van der Waals surface area contributed by atoms with Gasteiger partial charge in [0, 0.05) is 30.8 Å². The van der Waals surface area contributed by atoms with Gasteiger partial charge in [-0.3, -0.25) is 4.79 Å². The van der Waals surface area contributed by atoms with Crippen molar-refractivity contribution in [1.82, 2.24) is 4.57 Å². The second kappa shape index (κ2) is 6.49. The summed E-state index contributed by atoms with van der Waals surface area (Å²) < 4.78 is 12.5. The van der Waals surface area contributed by atoms with Crippen molar-refractivity contribution in [1.29, 1.82) is 0 Å². The van der Waals surface area contributed by atoms with Crippen molar-refractivity contribution in [2.45, 2.75) is 19.4 Å². The second-order valence-electron chi connectivity index (χ2n) is 4.72. The third-order valence-corrected chi connectivity index (χ3v) is 3.37. The van der Waals surface area contributed by atoms with Gasteiger partial charge in [-0.05, 0) is 18.1 Å². The lowest BCUT2D eigenvalue weighted by molar-refractivity contribution is -0.136. The number of methoxy groups -OCH3 is 2. The Labute approximate surface area is 122 Å². The summed E-state index contributed by atoms with van der Waals surface area (Å²) in [7, 11) is 3.10. The van der Waals surface area contributed by atoms with Gasteiger partial charge in [0.1, 0.15) is 0 Å². The molecule has 1 aromatic heterocycles. The lowest BCUT2D eigenvalue weighted by Gasteiger charge is -2.09. The number of rotatable bonds is 7. The minimum Gasteiger partial charge on any atom is -0.493 e. The zero-order chi connectivity index (χ0) is 15.4. The maximum atomic E-state index is 11.0. The topological polar surface area (TPSA) is 80.9 Å². The first kappa shape index (κ1) is 15.2. The zero-order valence-electron chi connectivity index (χ0n) is 12.1. The number of aliphatic hydroxyl groups excluding tert-OH is 1. The van der Waals surface area contributed by atoms with Crippen LogP contribution >= 0.6 is 0 Å². The monoisotopic (exact) mass is 293 g/mol. The minimum absolute atomic E-state index is 0.0574. The molecule has 21 heavy (non-hydrogen) atoms. The quantitative estimate of drug-likeness (QED) is 0.811. The Bertz CT molecular complexity index is 647. The van der Waals surface area contributed by atoms with E-state index in [9.17, 15) is 4.79 Å². The molecular formula is C15H19NO5. The number of hydrogen-bond donors (Lipinski definition) is 2. The molecule has 0 aliphatic heterocycles. The van der Waals surface area contributed by atoms with Crippen LogP contribution in [0.5, 0.6) is 11.5 Å². The van der Waals surface area contributed by atoms with Crippen molar-refractivity contribution < 1.29 is 24.5 Å². The van der Waals surface area contributed by atoms with E-state index in [0.29, 0.717) is 24.5 Å². The number of aliphatic carboxylic acids is 1. The summed E-state index contributed by atoms with van der Waals surface area (Å²) in [6.07, 6.45) is 2.36. The fourth-order valence-corrected chi connectivity index (χ4v) is 2.42. The van der Waals surface area contributed by atoms with Gasteiger partial charge in [-0.2, -0.15) is 0 Å². The highest BCUT2D eigenvalue weighted by molar-refractivity contribution is 5.90. The molecule has 0 spiro atoms. The average Bonchev–Trinajstić information content (AvgIpc) is 2.80. The predicted octanol–water partition coefficient (Wildman–Crippen LogP) is 1.67. The first-order valence-corrected chi connectivity index (χ1v) is 6.67. The number of hydrogen-bond acceptors (Lipinski definition) is 4. The van der Waals surface area contributed by atoms with Gasteiger partial charge < -0.3 is 24.3 Å². The summed E-state index contributed by atoms with van der Waals surface area (Å²) in [4.78, 5) is 11.0. The van der Waals surface area contributed by atoms with Crippen molar-refractivity contribution in [3.63, 3.8) is 0 Å². The Morgan fingerprint density at radius 1 is 1.24 bits per heavy atom. The summed E-state index contributed by atoms with van der Waals surface area (Å²) in [6, 6.07) is 3.62. The molecule has 2 aromatic rings. The SMILES string of the molecule is COc1cc2c(CC(=O)O)cn(CCCO)c2cc1OC. The highest BCUT2D eigenvalue weighted by atomic mass is 16.5. The van der Waals surface area contributed by atoms with E-state index in [4.69, 9.17) is 19.7 Å². The molecular weight excluding hydrogens is 274 g/mol. The van der Waals surface area contributed by atoms with E-state index < -0.39 is 5.97 Å². The number of nitrogens with zero attached hydrogens (tertiary/aromatic N) is 1. The van der Waals surface area contributed by atoms with Gasteiger partial charge >= 0.3 is 5.97 Å². The number of aryl methyl sites for hydroxylation is 1. The fourth-order valence-electron chi connectivity index (χ4n) is 2.42. The van der Waals surface area contributed by atoms with Crippen LogP contribution in [-0.4, -0.2) is 41.6 Å². The van der Waals surface area contributed by atoms with Gasteiger partial charge in [-0.1, -0.05) is 0 Å². The van der Waals surface area contributed by atoms with Crippen LogP contribution < -0.4 is 9.47 Å². The zero-order valence-corrected chi connectivity index (χ0v) is 12.1. The summed E-state index contributed by atoms with van der Waals surface area (Å²) in [6.45, 7) is 0.698. The molecule has 2 rings (SSSR count). The highest BCUT2D eigenvalue weighted by Gasteiger charge is 2.15. The van der Waals surface area contributed by atoms with E-state index in [-0.39, 0.29) is 13.0 Å². The Hall–Kier alpha value is -2.21. The molecule has 0 atom stereocenters. The summed E-state index contributed by atoms with van der Waals surface area (Å²) >= 11 is 0. The molecule has 0 radical (unpaired) electrons. The minimum atomic E-state index is -0.883. The lowest BCUT2D eigenvalue weighted by atomic mass is 10.1. The molecule has 0 saturated heterocycles. The summed E-state index contributed by atoms with van der Waals surface area (Å²) in [5.41, 5.74) is 1.59. The standard InChI is InChI=1S/C15H19NO5/c1-20-13-7-11-10(6-15(18)19)9-16(4-3-5-17)12(11)8-14(13)21-2/h7-9,17H,3-6H2,1-2H3,(H,18,19). The van der Waals surface area contributed by atoms with Gasteiger partial charge in [-0.25, -0.2) is 0 Å². The molecule has 6 nitrogen and oxygen atoms in total. The molecule has 2 N–H and O–H groups in total. The van der Waals surface area contributed by atoms with Gasteiger partial charge in [0.15, 0.2) is 11.5 Å². The lowest BCUT2D eigenvalue weighted by Crippen LogP contribution is -2.00. The van der Waals surface area contributed by atoms with E-state index >= 15 is 0 Å². The maximum absolute atomic E-state index is 11.0. The number of carbonyl (C=O) groups is 1. The van der Waals surface area contributed by atoms with Gasteiger partial charge in [0.05, 0.1) is 26.2 Å². The van der Waals surface area contributed by atoms with Gasteiger partial charge in [0.2, 0.25) is 0 Å². The average molecular weight is 293 g/mol. The van der Waals surface area contributed by atoms with E-state index in [0.717, 1.165) is 16.5 Å². The van der Waals surface area contributed by atoms with Crippen molar-refractivity contribution in [2.75, 3.05) is 20.8 Å². The van der Waals surface area contributed by atoms with Crippen LogP contribution in [0.25, 0.3) is 10.9 Å². The molecule has 6 heteroatoms. The van der Waals surface area contributed by atoms with Gasteiger partial charge in [0.25, 0.3) is 0 Å². The first-order chi connectivity index (χ1) is 10.1. The number of benzene rings is 1. The normalized spacial score (nSPS) is 10.8. The van der Waals surface area contributed by atoms with E-state index in [2.05, 4.69) is 0 Å². The molecule has 1 heterocycles. The van der Waals surface area contributed by atoms with Crippen LogP contribution in [0.2, 0.25) is 0 Å². The molecule has 0 amide bonds. The highest BCUT2D eigenvalue weighted by Crippen LogP contribution is 2.35. The molecule has 0 fully saturated rings. The fraction of sp³-hybridized carbons (Fsp3) is 0.400. The van der Waals surface area contributed by atoms with Crippen LogP contribution in [-0.2, 0) is 17.8 Å². The number of aliphatic hydroxyl groups is 1. The third kappa shape index (κ3) is 3.11. The molecule has 114 valence electrons. The Kier molecular flexibility index (Phi) is 4.70. The van der Waals surface area contributed by atoms with Crippen molar-refractivity contribution in [2.24, 2.45) is 0 Å². The Balaban J connectivity index is 2.59. The predicted molar refractivity (Wildman–Crippen MR) is 78.1 cm³/mol. The molecule has 0 aliphatic rings. The smallest absolute Gasteiger partial charge is 0.307 e. The van der Waals surface area contributed by atoms with E-state index in [1.165, 1.54) is 0 Å². The summed E-state index contributed by atoms with van der Waals surface area (Å²) in [5.74, 6) is 0.276. The summed E-state index contributed by atoms with van der Waals surface area (Å²) in [5, 5.41) is 18.8. The number of carboxylic acids is 1. The Morgan fingerprint density at radius 2 is 1.90 bits per heavy atom. The number of ether oxygens (including phenoxy) is 2. The van der Waals surface area contributed by atoms with Crippen LogP contribution in [0.3, 0.4) is 0 Å². The molecule has 0 bridgehead atoms. The molecule has 1 aromatic carbocycles. The van der Waals surface area contributed by atoms with Crippen molar-refractivity contribution in [3.8, 4) is 11.5 Å².